The average molecular weight is 339 g/mol. The third-order valence-corrected chi connectivity index (χ3v) is 5.00. The second-order valence-electron chi connectivity index (χ2n) is 6.82. The molecule has 1 aliphatic heterocycles. The Morgan fingerprint density at radius 1 is 1.32 bits per heavy atom. The van der Waals surface area contributed by atoms with E-state index < -0.39 is 6.10 Å². The highest BCUT2D eigenvalue weighted by Gasteiger charge is 2.36. The number of aryl methyl sites for hydroxylation is 2. The molecule has 0 bridgehead atoms. The van der Waals surface area contributed by atoms with Crippen LogP contribution < -0.4 is 0 Å². The Labute approximate surface area is 145 Å². The topological polar surface area (TPSA) is 71.5 Å². The molecule has 3 aromatic rings. The summed E-state index contributed by atoms with van der Waals surface area (Å²) >= 11 is 0. The van der Waals surface area contributed by atoms with Gasteiger partial charge in [0.05, 0.1) is 11.8 Å². The van der Waals surface area contributed by atoms with Crippen molar-refractivity contribution < 1.29 is 14.4 Å². The summed E-state index contributed by atoms with van der Waals surface area (Å²) in [4.78, 5) is 14.7. The molecule has 6 heteroatoms. The smallest absolute Gasteiger partial charge is 0.270 e. The Hall–Kier alpha value is -2.60. The number of aliphatic hydroxyl groups excluding tert-OH is 1. The van der Waals surface area contributed by atoms with Gasteiger partial charge in [-0.25, -0.2) is 0 Å². The van der Waals surface area contributed by atoms with E-state index in [1.165, 1.54) is 0 Å². The molecule has 0 unspecified atom stereocenters. The molecule has 2 atom stereocenters. The molecule has 2 aromatic heterocycles. The summed E-state index contributed by atoms with van der Waals surface area (Å²) in [5.41, 5.74) is 2.50. The Morgan fingerprint density at radius 2 is 2.12 bits per heavy atom. The molecule has 0 spiro atoms. The highest BCUT2D eigenvalue weighted by Crippen LogP contribution is 2.25. The third kappa shape index (κ3) is 2.82. The van der Waals surface area contributed by atoms with Crippen LogP contribution in [-0.2, 0) is 13.5 Å². The predicted octanol–water partition coefficient (Wildman–Crippen LogP) is 2.15. The van der Waals surface area contributed by atoms with Crippen molar-refractivity contribution in [2.45, 2.75) is 19.4 Å². The Kier molecular flexibility index (Phi) is 3.84. The van der Waals surface area contributed by atoms with Crippen LogP contribution in [0.3, 0.4) is 0 Å². The third-order valence-electron chi connectivity index (χ3n) is 5.00. The highest BCUT2D eigenvalue weighted by molar-refractivity contribution is 5.98. The zero-order valence-electron chi connectivity index (χ0n) is 14.3. The number of benzene rings is 1. The van der Waals surface area contributed by atoms with Gasteiger partial charge in [0.2, 0.25) is 0 Å². The van der Waals surface area contributed by atoms with Gasteiger partial charge < -0.3 is 19.1 Å². The molecule has 1 aliphatic rings. The quantitative estimate of drug-likeness (QED) is 0.794. The number of amides is 1. The zero-order chi connectivity index (χ0) is 17.6. The number of rotatable bonds is 3. The number of nitrogens with zero attached hydrogens (tertiary/aromatic N) is 3. The summed E-state index contributed by atoms with van der Waals surface area (Å²) in [6.45, 7) is 2.73. The Balaban J connectivity index is 1.53. The molecule has 1 N–H and O–H groups in total. The first-order valence-corrected chi connectivity index (χ1v) is 8.47. The highest BCUT2D eigenvalue weighted by atomic mass is 16.5. The maximum absolute atomic E-state index is 12.9. The van der Waals surface area contributed by atoms with Gasteiger partial charge in [0.15, 0.2) is 0 Å². The summed E-state index contributed by atoms with van der Waals surface area (Å²) in [5, 5.41) is 15.3. The molecule has 4 rings (SSSR count). The van der Waals surface area contributed by atoms with Gasteiger partial charge in [-0.05, 0) is 19.1 Å². The second kappa shape index (κ2) is 6.04. The molecule has 0 saturated carbocycles. The van der Waals surface area contributed by atoms with Crippen molar-refractivity contribution >= 4 is 16.8 Å². The summed E-state index contributed by atoms with van der Waals surface area (Å²) < 4.78 is 7.16. The first-order valence-electron chi connectivity index (χ1n) is 8.47. The van der Waals surface area contributed by atoms with E-state index >= 15 is 0 Å². The minimum absolute atomic E-state index is 0.0361. The molecule has 6 nitrogen and oxygen atoms in total. The molecule has 25 heavy (non-hydrogen) atoms. The largest absolute Gasteiger partial charge is 0.391 e. The van der Waals surface area contributed by atoms with Gasteiger partial charge >= 0.3 is 0 Å². The fourth-order valence-corrected chi connectivity index (χ4v) is 3.65. The van der Waals surface area contributed by atoms with E-state index in [1.807, 2.05) is 54.9 Å². The average Bonchev–Trinajstić information content (AvgIpc) is 3.27. The predicted molar refractivity (Wildman–Crippen MR) is 93.3 cm³/mol. The fourth-order valence-electron chi connectivity index (χ4n) is 3.65. The summed E-state index contributed by atoms with van der Waals surface area (Å²) in [5.74, 6) is 0.667. The van der Waals surface area contributed by atoms with Crippen molar-refractivity contribution in [3.63, 3.8) is 0 Å². The molecule has 1 aromatic carbocycles. The number of likely N-dealkylation sites (tertiary alicyclic amines) is 1. The number of fused-ring (bicyclic) bond motifs is 1. The lowest BCUT2D eigenvalue weighted by Crippen LogP contribution is -2.31. The van der Waals surface area contributed by atoms with E-state index in [9.17, 15) is 9.90 Å². The van der Waals surface area contributed by atoms with Gasteiger partial charge in [0, 0.05) is 49.4 Å². The van der Waals surface area contributed by atoms with E-state index in [0.717, 1.165) is 22.4 Å². The van der Waals surface area contributed by atoms with E-state index in [0.29, 0.717) is 25.2 Å². The van der Waals surface area contributed by atoms with Gasteiger partial charge in [-0.15, -0.1) is 0 Å². The molecule has 1 fully saturated rings. The fraction of sp³-hybridized carbons (Fsp3) is 0.368. The number of hydrogen-bond acceptors (Lipinski definition) is 4. The van der Waals surface area contributed by atoms with Crippen molar-refractivity contribution in [1.29, 1.82) is 0 Å². The normalized spacial score (nSPS) is 20.5. The molecule has 130 valence electrons. The van der Waals surface area contributed by atoms with Crippen LogP contribution >= 0.6 is 0 Å². The standard InChI is InChI=1S/C19H21N3O3/c1-12-7-15(25-20-12)8-14-10-22(11-18(14)23)19(24)17-9-13-5-3-4-6-16(13)21(17)2/h3-7,9,14,18,23H,8,10-11H2,1-2H3/t14-,18+/m1/s1. The van der Waals surface area contributed by atoms with Crippen LogP contribution in [0.2, 0.25) is 0 Å². The van der Waals surface area contributed by atoms with Crippen molar-refractivity contribution in [2.75, 3.05) is 13.1 Å². The van der Waals surface area contributed by atoms with Crippen LogP contribution in [0.1, 0.15) is 21.9 Å². The molecular weight excluding hydrogens is 318 g/mol. The summed E-state index contributed by atoms with van der Waals surface area (Å²) in [7, 11) is 1.90. The van der Waals surface area contributed by atoms with Crippen molar-refractivity contribution in [3.8, 4) is 0 Å². The molecule has 1 amide bonds. The van der Waals surface area contributed by atoms with Gasteiger partial charge in [0.25, 0.3) is 5.91 Å². The summed E-state index contributed by atoms with van der Waals surface area (Å²) in [6, 6.07) is 11.7. The lowest BCUT2D eigenvalue weighted by Gasteiger charge is -2.16. The van der Waals surface area contributed by atoms with Crippen molar-refractivity contribution in [2.24, 2.45) is 13.0 Å². The van der Waals surface area contributed by atoms with Crippen LogP contribution in [0.25, 0.3) is 10.9 Å². The number of hydrogen-bond donors (Lipinski definition) is 1. The van der Waals surface area contributed by atoms with Crippen molar-refractivity contribution in [1.82, 2.24) is 14.6 Å². The molecule has 1 saturated heterocycles. The van der Waals surface area contributed by atoms with Gasteiger partial charge in [-0.2, -0.15) is 0 Å². The van der Waals surface area contributed by atoms with Crippen LogP contribution in [0, 0.1) is 12.8 Å². The zero-order valence-corrected chi connectivity index (χ0v) is 14.3. The molecular formula is C19H21N3O3. The number of β-amino-alcohol motifs (C(OH)–C–C–N with tert-alkyl or cyclic N) is 1. The Morgan fingerprint density at radius 3 is 2.84 bits per heavy atom. The Bertz CT molecular complexity index is 927. The lowest BCUT2D eigenvalue weighted by molar-refractivity contribution is 0.0756. The van der Waals surface area contributed by atoms with E-state index in [4.69, 9.17) is 4.52 Å². The lowest BCUT2D eigenvalue weighted by atomic mass is 10.0. The maximum atomic E-state index is 12.9. The van der Waals surface area contributed by atoms with Crippen LogP contribution in [0.15, 0.2) is 40.9 Å². The first kappa shape index (κ1) is 15.9. The number of aromatic nitrogens is 2. The monoisotopic (exact) mass is 339 g/mol. The van der Waals surface area contributed by atoms with Gasteiger partial charge in [-0.1, -0.05) is 23.4 Å². The number of carbonyl (C=O) groups is 1. The number of aliphatic hydroxyl groups is 1. The van der Waals surface area contributed by atoms with Crippen LogP contribution in [-0.4, -0.2) is 44.8 Å². The van der Waals surface area contributed by atoms with E-state index in [-0.39, 0.29) is 11.8 Å². The van der Waals surface area contributed by atoms with Crippen molar-refractivity contribution in [3.05, 3.63) is 53.5 Å². The minimum Gasteiger partial charge on any atom is -0.391 e. The maximum Gasteiger partial charge on any atom is 0.270 e. The second-order valence-corrected chi connectivity index (χ2v) is 6.82. The van der Waals surface area contributed by atoms with E-state index in [1.54, 1.807) is 4.90 Å². The molecule has 3 heterocycles. The number of carbonyl (C=O) groups excluding carboxylic acids is 1. The minimum atomic E-state index is -0.552. The SMILES string of the molecule is Cc1cc(C[C@@H]2CN(C(=O)c3cc4ccccc4n3C)C[C@@H]2O)on1. The molecule has 0 radical (unpaired) electrons. The van der Waals surface area contributed by atoms with Gasteiger partial charge in [-0.3, -0.25) is 4.79 Å². The first-order chi connectivity index (χ1) is 12.0. The van der Waals surface area contributed by atoms with Crippen LogP contribution in [0.4, 0.5) is 0 Å². The van der Waals surface area contributed by atoms with E-state index in [2.05, 4.69) is 5.16 Å². The molecule has 0 aliphatic carbocycles. The van der Waals surface area contributed by atoms with Crippen LogP contribution in [0.5, 0.6) is 0 Å². The van der Waals surface area contributed by atoms with Gasteiger partial charge in [0.1, 0.15) is 11.5 Å². The number of para-hydroxylation sites is 1. The summed E-state index contributed by atoms with van der Waals surface area (Å²) in [6.07, 6.45) is 0.0324.